The van der Waals surface area contributed by atoms with E-state index in [0.717, 1.165) is 51.4 Å². The molecule has 9 nitrogen and oxygen atoms in total. The molecule has 0 radical (unpaired) electrons. The maximum atomic E-state index is 12.4. The van der Waals surface area contributed by atoms with Crippen LogP contribution in [0.3, 0.4) is 0 Å². The molecule has 0 saturated carbocycles. The fourth-order valence-corrected chi connectivity index (χ4v) is 3.28. The molecule has 3 N–H and O–H groups in total. The van der Waals surface area contributed by atoms with Crippen molar-refractivity contribution in [2.45, 2.75) is 85.0 Å². The lowest BCUT2D eigenvalue weighted by Gasteiger charge is -2.34. The van der Waals surface area contributed by atoms with E-state index >= 15 is 0 Å². The zero-order valence-electron chi connectivity index (χ0n) is 22.2. The van der Waals surface area contributed by atoms with Gasteiger partial charge in [0.1, 0.15) is 13.2 Å². The summed E-state index contributed by atoms with van der Waals surface area (Å²) in [5.74, 6) is -0.662. The topological polar surface area (TPSA) is 132 Å². The number of esters is 2. The number of unbranched alkanes of at least 4 members (excludes halogenated alkanes) is 5. The lowest BCUT2D eigenvalue weighted by molar-refractivity contribution is -0.165. The molecular formula is C26H50O9. The largest absolute Gasteiger partial charge is 0.465 e. The third-order valence-corrected chi connectivity index (χ3v) is 5.88. The normalized spacial score (nSPS) is 13.4. The Balaban J connectivity index is 5.35. The van der Waals surface area contributed by atoms with Gasteiger partial charge < -0.3 is 34.3 Å². The van der Waals surface area contributed by atoms with E-state index in [2.05, 4.69) is 13.8 Å². The molecular weight excluding hydrogens is 456 g/mol. The summed E-state index contributed by atoms with van der Waals surface area (Å²) in [7, 11) is 0. The first-order valence-corrected chi connectivity index (χ1v) is 13.2. The van der Waals surface area contributed by atoms with Crippen LogP contribution in [0.1, 0.15) is 85.0 Å². The van der Waals surface area contributed by atoms with E-state index in [1.54, 1.807) is 0 Å². The smallest absolute Gasteiger partial charge is 0.305 e. The molecule has 1 atom stereocenters. The lowest BCUT2D eigenvalue weighted by Crippen LogP contribution is -2.45. The molecule has 0 aliphatic rings. The van der Waals surface area contributed by atoms with Crippen LogP contribution >= 0.6 is 0 Å². The SMILES string of the molecule is CCCCCCC(=O)OCC(COCCC)(COCC(CO)(CO)CO)COC(=O)CCCCC. The zero-order valence-corrected chi connectivity index (χ0v) is 22.2. The van der Waals surface area contributed by atoms with Crippen molar-refractivity contribution in [3.63, 3.8) is 0 Å². The van der Waals surface area contributed by atoms with Crippen molar-refractivity contribution >= 4 is 11.9 Å². The summed E-state index contributed by atoms with van der Waals surface area (Å²) >= 11 is 0. The van der Waals surface area contributed by atoms with Crippen LogP contribution in [0.15, 0.2) is 0 Å². The molecule has 0 heterocycles. The zero-order chi connectivity index (χ0) is 26.4. The van der Waals surface area contributed by atoms with Gasteiger partial charge in [-0.3, -0.25) is 9.59 Å². The monoisotopic (exact) mass is 506 g/mol. The minimum Gasteiger partial charge on any atom is -0.465 e. The summed E-state index contributed by atoms with van der Waals surface area (Å²) in [5.41, 5.74) is -2.16. The lowest BCUT2D eigenvalue weighted by atomic mass is 9.90. The first-order chi connectivity index (χ1) is 16.9. The van der Waals surface area contributed by atoms with Crippen LogP contribution in [0, 0.1) is 10.8 Å². The predicted molar refractivity (Wildman–Crippen MR) is 133 cm³/mol. The van der Waals surface area contributed by atoms with E-state index in [1.807, 2.05) is 6.92 Å². The summed E-state index contributed by atoms with van der Waals surface area (Å²) in [6.45, 7) is 5.11. The molecule has 208 valence electrons. The van der Waals surface area contributed by atoms with Crippen molar-refractivity contribution in [2.75, 3.05) is 59.5 Å². The molecule has 0 aliphatic carbocycles. The number of aliphatic hydroxyl groups is 3. The Morgan fingerprint density at radius 3 is 1.51 bits per heavy atom. The highest BCUT2D eigenvalue weighted by Gasteiger charge is 2.37. The number of rotatable bonds is 24. The number of ether oxygens (including phenoxy) is 4. The molecule has 0 aliphatic heterocycles. The second-order valence-corrected chi connectivity index (χ2v) is 9.61. The second-order valence-electron chi connectivity index (χ2n) is 9.61. The van der Waals surface area contributed by atoms with Gasteiger partial charge in [0.25, 0.3) is 0 Å². The van der Waals surface area contributed by atoms with Gasteiger partial charge in [0.05, 0.1) is 50.5 Å². The molecule has 0 fully saturated rings. The number of hydrogen-bond donors (Lipinski definition) is 3. The minimum absolute atomic E-state index is 0.0101. The van der Waals surface area contributed by atoms with Crippen molar-refractivity contribution in [1.29, 1.82) is 0 Å². The van der Waals surface area contributed by atoms with Crippen LogP contribution in [0.5, 0.6) is 0 Å². The average Bonchev–Trinajstić information content (AvgIpc) is 2.87. The molecule has 0 aromatic carbocycles. The van der Waals surface area contributed by atoms with E-state index in [0.29, 0.717) is 19.4 Å². The van der Waals surface area contributed by atoms with Crippen molar-refractivity contribution in [2.24, 2.45) is 10.8 Å². The van der Waals surface area contributed by atoms with Gasteiger partial charge in [-0.2, -0.15) is 0 Å². The van der Waals surface area contributed by atoms with Crippen molar-refractivity contribution in [3.8, 4) is 0 Å². The quantitative estimate of drug-likeness (QED) is 0.133. The Bertz CT molecular complexity index is 529. The number of aliphatic hydroxyl groups excluding tert-OH is 3. The van der Waals surface area contributed by atoms with Crippen molar-refractivity contribution in [1.82, 2.24) is 0 Å². The Labute approximate surface area is 211 Å². The van der Waals surface area contributed by atoms with Crippen LogP contribution in [0.2, 0.25) is 0 Å². The fraction of sp³-hybridized carbons (Fsp3) is 0.923. The number of hydrogen-bond acceptors (Lipinski definition) is 9. The van der Waals surface area contributed by atoms with Crippen LogP contribution in [0.4, 0.5) is 0 Å². The second kappa shape index (κ2) is 20.9. The summed E-state index contributed by atoms with van der Waals surface area (Å²) < 4.78 is 22.7. The van der Waals surface area contributed by atoms with Gasteiger partial charge >= 0.3 is 11.9 Å². The summed E-state index contributed by atoms with van der Waals surface area (Å²) in [4.78, 5) is 24.7. The van der Waals surface area contributed by atoms with Gasteiger partial charge in [0, 0.05) is 19.4 Å². The van der Waals surface area contributed by atoms with Gasteiger partial charge in [-0.05, 0) is 19.3 Å². The fourth-order valence-electron chi connectivity index (χ4n) is 3.28. The van der Waals surface area contributed by atoms with Crippen LogP contribution < -0.4 is 0 Å². The average molecular weight is 507 g/mol. The molecule has 0 saturated heterocycles. The number of carbonyl (C=O) groups is 2. The van der Waals surface area contributed by atoms with Gasteiger partial charge in [-0.15, -0.1) is 0 Å². The van der Waals surface area contributed by atoms with E-state index in [-0.39, 0.29) is 45.0 Å². The maximum Gasteiger partial charge on any atom is 0.305 e. The van der Waals surface area contributed by atoms with Gasteiger partial charge in [-0.1, -0.05) is 52.9 Å². The van der Waals surface area contributed by atoms with Crippen molar-refractivity contribution in [3.05, 3.63) is 0 Å². The molecule has 35 heavy (non-hydrogen) atoms. The standard InChI is InChI=1S/C26H50O9/c1-4-7-9-11-13-24(31)35-22-26(19-32-14-6-3,21-34-23(30)12-10-8-5-2)20-33-18-25(15-27,16-28)17-29/h27-29H,4-22H2,1-3H3. The molecule has 0 amide bonds. The van der Waals surface area contributed by atoms with E-state index < -0.39 is 30.7 Å². The van der Waals surface area contributed by atoms with E-state index in [9.17, 15) is 24.9 Å². The highest BCUT2D eigenvalue weighted by molar-refractivity contribution is 5.69. The molecule has 0 aromatic rings. The Morgan fingerprint density at radius 1 is 0.571 bits per heavy atom. The summed E-state index contributed by atoms with van der Waals surface area (Å²) in [5, 5.41) is 28.8. The number of carbonyl (C=O) groups excluding carboxylic acids is 2. The maximum absolute atomic E-state index is 12.4. The Morgan fingerprint density at radius 2 is 1.03 bits per heavy atom. The Hall–Kier alpha value is -1.26. The van der Waals surface area contributed by atoms with E-state index in [4.69, 9.17) is 18.9 Å². The molecule has 9 heteroatoms. The van der Waals surface area contributed by atoms with Gasteiger partial charge in [0.2, 0.25) is 0 Å². The molecule has 0 aromatic heterocycles. The third kappa shape index (κ3) is 15.5. The summed E-state index contributed by atoms with van der Waals surface area (Å²) in [6, 6.07) is 0. The highest BCUT2D eigenvalue weighted by Crippen LogP contribution is 2.24. The predicted octanol–water partition coefficient (Wildman–Crippen LogP) is 3.02. The molecule has 1 unspecified atom stereocenters. The highest BCUT2D eigenvalue weighted by atomic mass is 16.6. The molecule has 0 rings (SSSR count). The molecule has 0 bridgehead atoms. The van der Waals surface area contributed by atoms with Gasteiger partial charge in [-0.25, -0.2) is 0 Å². The van der Waals surface area contributed by atoms with Crippen LogP contribution in [-0.2, 0) is 28.5 Å². The minimum atomic E-state index is -1.21. The van der Waals surface area contributed by atoms with Gasteiger partial charge in [0.15, 0.2) is 0 Å². The van der Waals surface area contributed by atoms with E-state index in [1.165, 1.54) is 0 Å². The Kier molecular flexibility index (Phi) is 20.1. The van der Waals surface area contributed by atoms with Crippen molar-refractivity contribution < 1.29 is 43.9 Å². The first kappa shape index (κ1) is 33.7. The third-order valence-electron chi connectivity index (χ3n) is 5.88. The van der Waals surface area contributed by atoms with Crippen LogP contribution in [0.25, 0.3) is 0 Å². The first-order valence-electron chi connectivity index (χ1n) is 13.2. The van der Waals surface area contributed by atoms with Crippen LogP contribution in [-0.4, -0.2) is 86.7 Å². The molecule has 0 spiro atoms. The summed E-state index contributed by atoms with van der Waals surface area (Å²) in [6.07, 6.45) is 7.92.